The normalized spacial score (nSPS) is 12.5. The summed E-state index contributed by atoms with van der Waals surface area (Å²) in [6, 6.07) is 1.51. The molecule has 0 saturated heterocycles. The van der Waals surface area contributed by atoms with Crippen molar-refractivity contribution in [2.75, 3.05) is 0 Å². The van der Waals surface area contributed by atoms with E-state index in [0.717, 1.165) is 6.07 Å². The zero-order chi connectivity index (χ0) is 10.9. The van der Waals surface area contributed by atoms with Crippen LogP contribution in [0.15, 0.2) is 12.1 Å². The van der Waals surface area contributed by atoms with Gasteiger partial charge in [-0.2, -0.15) is 0 Å². The summed E-state index contributed by atoms with van der Waals surface area (Å²) in [7, 11) is 0. The molecule has 6 heteroatoms. The molecular formula is C8H6ClFO4. The molecule has 0 aliphatic rings. The minimum atomic E-state index is -1.99. The highest BCUT2D eigenvalue weighted by molar-refractivity contribution is 6.32. The maximum Gasteiger partial charge on any atom is 0.337 e. The number of rotatable bonds is 2. The third-order valence-electron chi connectivity index (χ3n) is 1.59. The topological polar surface area (TPSA) is 77.8 Å². The molecule has 0 spiro atoms. The third kappa shape index (κ3) is 1.94. The van der Waals surface area contributed by atoms with E-state index in [1.807, 2.05) is 0 Å². The Labute approximate surface area is 83.2 Å². The van der Waals surface area contributed by atoms with Crippen LogP contribution in [0, 0.1) is 5.82 Å². The highest BCUT2D eigenvalue weighted by atomic mass is 35.5. The van der Waals surface area contributed by atoms with Crippen LogP contribution >= 0.6 is 11.6 Å². The van der Waals surface area contributed by atoms with Crippen molar-refractivity contribution in [2.24, 2.45) is 0 Å². The summed E-state index contributed by atoms with van der Waals surface area (Å²) in [5, 5.41) is 26.1. The van der Waals surface area contributed by atoms with Crippen molar-refractivity contribution in [3.8, 4) is 5.75 Å². The number of aliphatic hydroxyl groups excluding tert-OH is 1. The molecule has 1 aromatic rings. The molecule has 0 saturated carbocycles. The molecule has 1 aromatic carbocycles. The highest BCUT2D eigenvalue weighted by Crippen LogP contribution is 2.29. The summed E-state index contributed by atoms with van der Waals surface area (Å²) in [6.45, 7) is 0. The lowest BCUT2D eigenvalue weighted by atomic mass is 10.1. The molecule has 0 heterocycles. The fourth-order valence-electron chi connectivity index (χ4n) is 0.894. The molecule has 14 heavy (non-hydrogen) atoms. The van der Waals surface area contributed by atoms with Crippen molar-refractivity contribution in [1.29, 1.82) is 0 Å². The molecule has 0 bridgehead atoms. The largest absolute Gasteiger partial charge is 0.506 e. The molecule has 0 amide bonds. The van der Waals surface area contributed by atoms with Crippen molar-refractivity contribution >= 4 is 17.6 Å². The van der Waals surface area contributed by atoms with E-state index in [2.05, 4.69) is 0 Å². The Hall–Kier alpha value is -1.33. The summed E-state index contributed by atoms with van der Waals surface area (Å²) in [5.41, 5.74) is -0.486. The molecule has 0 aliphatic heterocycles. The average molecular weight is 221 g/mol. The summed E-state index contributed by atoms with van der Waals surface area (Å²) >= 11 is 5.41. The summed E-state index contributed by atoms with van der Waals surface area (Å²) in [5.74, 6) is -3.13. The second-order valence-electron chi connectivity index (χ2n) is 2.57. The molecule has 1 unspecified atom stereocenters. The number of carboxylic acid groups (broad SMARTS) is 1. The van der Waals surface area contributed by atoms with Crippen molar-refractivity contribution in [2.45, 2.75) is 6.10 Å². The number of carbonyl (C=O) groups is 1. The number of halogens is 2. The van der Waals surface area contributed by atoms with Crippen LogP contribution in [0.2, 0.25) is 5.02 Å². The number of phenols is 1. The van der Waals surface area contributed by atoms with Gasteiger partial charge in [-0.1, -0.05) is 11.6 Å². The minimum absolute atomic E-state index is 0.221. The zero-order valence-corrected chi connectivity index (χ0v) is 7.49. The van der Waals surface area contributed by atoms with E-state index in [4.69, 9.17) is 26.9 Å². The molecule has 0 radical (unpaired) electrons. The van der Waals surface area contributed by atoms with Crippen molar-refractivity contribution in [3.63, 3.8) is 0 Å². The molecule has 0 aromatic heterocycles. The maximum atomic E-state index is 13.0. The van der Waals surface area contributed by atoms with E-state index in [1.165, 1.54) is 0 Å². The van der Waals surface area contributed by atoms with Crippen molar-refractivity contribution in [1.82, 2.24) is 0 Å². The fraction of sp³-hybridized carbons (Fsp3) is 0.125. The summed E-state index contributed by atoms with van der Waals surface area (Å²) < 4.78 is 13.0. The quantitative estimate of drug-likeness (QED) is 0.702. The van der Waals surface area contributed by atoms with Crippen LogP contribution in [0.5, 0.6) is 5.75 Å². The first-order valence-corrected chi connectivity index (χ1v) is 3.90. The van der Waals surface area contributed by atoms with Crippen molar-refractivity contribution < 1.29 is 24.5 Å². The third-order valence-corrected chi connectivity index (χ3v) is 1.90. The van der Waals surface area contributed by atoms with E-state index in [-0.39, 0.29) is 5.02 Å². The van der Waals surface area contributed by atoms with Gasteiger partial charge in [0.1, 0.15) is 11.6 Å². The van der Waals surface area contributed by atoms with Crippen LogP contribution in [-0.4, -0.2) is 21.3 Å². The smallest absolute Gasteiger partial charge is 0.337 e. The summed E-state index contributed by atoms with van der Waals surface area (Å²) in [6.07, 6.45) is -1.99. The molecule has 0 fully saturated rings. The number of hydrogen-bond donors (Lipinski definition) is 3. The van der Waals surface area contributed by atoms with Gasteiger partial charge in [-0.15, -0.1) is 0 Å². The monoisotopic (exact) mass is 220 g/mol. The fourth-order valence-corrected chi connectivity index (χ4v) is 1.07. The van der Waals surface area contributed by atoms with Gasteiger partial charge >= 0.3 is 5.97 Å². The van der Waals surface area contributed by atoms with E-state index >= 15 is 0 Å². The van der Waals surface area contributed by atoms with E-state index in [1.54, 1.807) is 0 Å². The average Bonchev–Trinajstić information content (AvgIpc) is 2.10. The number of hydrogen-bond acceptors (Lipinski definition) is 3. The van der Waals surface area contributed by atoms with Gasteiger partial charge in [0.15, 0.2) is 6.10 Å². The summed E-state index contributed by atoms with van der Waals surface area (Å²) in [4.78, 5) is 10.3. The molecule has 0 aliphatic carbocycles. The van der Waals surface area contributed by atoms with Crippen LogP contribution in [0.3, 0.4) is 0 Å². The zero-order valence-electron chi connectivity index (χ0n) is 6.74. The van der Waals surface area contributed by atoms with E-state index in [9.17, 15) is 9.18 Å². The first-order valence-electron chi connectivity index (χ1n) is 3.52. The number of phenolic OH excluding ortho intramolecular Hbond substituents is 1. The predicted molar refractivity (Wildman–Crippen MR) is 45.7 cm³/mol. The SMILES string of the molecule is O=C(O)C(O)c1cc(Cl)c(O)cc1F. The lowest BCUT2D eigenvalue weighted by Gasteiger charge is -2.08. The van der Waals surface area contributed by atoms with E-state index < -0.39 is 29.2 Å². The Bertz CT molecular complexity index is 380. The molecule has 1 rings (SSSR count). The van der Waals surface area contributed by atoms with Gasteiger partial charge < -0.3 is 15.3 Å². The van der Waals surface area contributed by atoms with Gasteiger partial charge in [0.2, 0.25) is 0 Å². The van der Waals surface area contributed by atoms with E-state index in [0.29, 0.717) is 6.07 Å². The van der Waals surface area contributed by atoms with Gasteiger partial charge in [0, 0.05) is 11.6 Å². The van der Waals surface area contributed by atoms with Crippen LogP contribution < -0.4 is 0 Å². The van der Waals surface area contributed by atoms with Gasteiger partial charge in [0.05, 0.1) is 5.02 Å². The van der Waals surface area contributed by atoms with Gasteiger partial charge in [-0.05, 0) is 6.07 Å². The Kier molecular flexibility index (Phi) is 2.93. The maximum absolute atomic E-state index is 13.0. The first-order chi connectivity index (χ1) is 6.43. The number of benzene rings is 1. The molecule has 1 atom stereocenters. The van der Waals surface area contributed by atoms with Crippen LogP contribution in [0.1, 0.15) is 11.7 Å². The Morgan fingerprint density at radius 2 is 2.07 bits per heavy atom. The number of aliphatic carboxylic acids is 1. The minimum Gasteiger partial charge on any atom is -0.506 e. The Balaban J connectivity index is 3.22. The second kappa shape index (κ2) is 3.81. The highest BCUT2D eigenvalue weighted by Gasteiger charge is 2.21. The van der Waals surface area contributed by atoms with Gasteiger partial charge in [-0.25, -0.2) is 9.18 Å². The lowest BCUT2D eigenvalue weighted by Crippen LogP contribution is -2.12. The van der Waals surface area contributed by atoms with Gasteiger partial charge in [0.25, 0.3) is 0 Å². The van der Waals surface area contributed by atoms with Crippen molar-refractivity contribution in [3.05, 3.63) is 28.5 Å². The number of aliphatic hydroxyl groups is 1. The predicted octanol–water partition coefficient (Wildman–Crippen LogP) is 1.30. The van der Waals surface area contributed by atoms with Gasteiger partial charge in [-0.3, -0.25) is 0 Å². The second-order valence-corrected chi connectivity index (χ2v) is 2.97. The molecule has 4 nitrogen and oxygen atoms in total. The van der Waals surface area contributed by atoms with Crippen LogP contribution in [0.25, 0.3) is 0 Å². The number of aromatic hydroxyl groups is 1. The van der Waals surface area contributed by atoms with Crippen LogP contribution in [-0.2, 0) is 4.79 Å². The lowest BCUT2D eigenvalue weighted by molar-refractivity contribution is -0.147. The molecule has 76 valence electrons. The Morgan fingerprint density at radius 3 is 2.57 bits per heavy atom. The molecule has 3 N–H and O–H groups in total. The number of carboxylic acids is 1. The Morgan fingerprint density at radius 1 is 1.50 bits per heavy atom. The van der Waals surface area contributed by atoms with Crippen LogP contribution in [0.4, 0.5) is 4.39 Å². The molecular weight excluding hydrogens is 215 g/mol. The first kappa shape index (κ1) is 10.7. The standard InChI is InChI=1S/C8H6ClFO4/c9-4-1-3(7(12)8(13)14)5(10)2-6(4)11/h1-2,7,11-12H,(H,13,14).